The van der Waals surface area contributed by atoms with Crippen molar-refractivity contribution in [2.45, 2.75) is 32.9 Å². The Labute approximate surface area is 139 Å². The zero-order chi connectivity index (χ0) is 17.2. The van der Waals surface area contributed by atoms with Crippen LogP contribution >= 0.6 is 0 Å². The van der Waals surface area contributed by atoms with E-state index < -0.39 is 11.7 Å². The third-order valence-electron chi connectivity index (χ3n) is 3.19. The van der Waals surface area contributed by atoms with Crippen LogP contribution in [0, 0.1) is 0 Å². The molecular weight excluding hydrogens is 306 g/mol. The van der Waals surface area contributed by atoms with Crippen LogP contribution in [0.4, 0.5) is 4.79 Å². The monoisotopic (exact) mass is 325 g/mol. The van der Waals surface area contributed by atoms with Gasteiger partial charge in [0, 0.05) is 5.56 Å². The van der Waals surface area contributed by atoms with E-state index in [4.69, 9.17) is 4.74 Å². The number of nitrogens with one attached hydrogen (secondary N) is 1. The SMILES string of the molecule is CC(C)(C)OC(=O)NCc1nnc2ccc(-c3ccccc3)nn12. The number of aromatic nitrogens is 4. The van der Waals surface area contributed by atoms with Gasteiger partial charge in [-0.15, -0.1) is 10.2 Å². The molecule has 0 aliphatic carbocycles. The molecule has 0 radical (unpaired) electrons. The molecule has 0 saturated heterocycles. The highest BCUT2D eigenvalue weighted by Crippen LogP contribution is 2.16. The maximum atomic E-state index is 11.8. The van der Waals surface area contributed by atoms with Crippen molar-refractivity contribution in [1.82, 2.24) is 25.1 Å². The van der Waals surface area contributed by atoms with Crippen LogP contribution in [0.15, 0.2) is 42.5 Å². The van der Waals surface area contributed by atoms with E-state index in [1.807, 2.05) is 63.2 Å². The Hall–Kier alpha value is -2.96. The molecule has 3 aromatic rings. The number of nitrogens with zero attached hydrogens (tertiary/aromatic N) is 4. The number of carbonyl (C=O) groups is 1. The first kappa shape index (κ1) is 15.9. The van der Waals surface area contributed by atoms with Gasteiger partial charge in [-0.2, -0.15) is 9.61 Å². The highest BCUT2D eigenvalue weighted by molar-refractivity contribution is 5.67. The average Bonchev–Trinajstić information content (AvgIpc) is 2.94. The van der Waals surface area contributed by atoms with Gasteiger partial charge in [-0.25, -0.2) is 4.79 Å². The first-order valence-electron chi connectivity index (χ1n) is 7.66. The molecule has 2 heterocycles. The Morgan fingerprint density at radius 3 is 2.58 bits per heavy atom. The van der Waals surface area contributed by atoms with Crippen LogP contribution in [-0.2, 0) is 11.3 Å². The Kier molecular flexibility index (Phi) is 4.16. The molecule has 24 heavy (non-hydrogen) atoms. The van der Waals surface area contributed by atoms with Crippen molar-refractivity contribution in [3.05, 3.63) is 48.3 Å². The molecule has 0 atom stereocenters. The molecule has 0 aliphatic rings. The number of hydrogen-bond acceptors (Lipinski definition) is 5. The number of hydrogen-bond donors (Lipinski definition) is 1. The molecule has 3 rings (SSSR count). The third-order valence-corrected chi connectivity index (χ3v) is 3.19. The Morgan fingerprint density at radius 2 is 1.88 bits per heavy atom. The van der Waals surface area contributed by atoms with Gasteiger partial charge in [0.15, 0.2) is 11.5 Å². The third kappa shape index (κ3) is 3.68. The lowest BCUT2D eigenvalue weighted by molar-refractivity contribution is 0.0522. The maximum absolute atomic E-state index is 11.8. The summed E-state index contributed by atoms with van der Waals surface area (Å²) in [6.07, 6.45) is -0.501. The van der Waals surface area contributed by atoms with E-state index in [0.717, 1.165) is 11.3 Å². The molecule has 0 fully saturated rings. The van der Waals surface area contributed by atoms with Crippen LogP contribution in [-0.4, -0.2) is 31.5 Å². The highest BCUT2D eigenvalue weighted by atomic mass is 16.6. The second-order valence-corrected chi connectivity index (χ2v) is 6.33. The van der Waals surface area contributed by atoms with Gasteiger partial charge in [0.1, 0.15) is 5.60 Å². The van der Waals surface area contributed by atoms with Crippen LogP contribution < -0.4 is 5.32 Å². The average molecular weight is 325 g/mol. The summed E-state index contributed by atoms with van der Waals surface area (Å²) in [5.41, 5.74) is 1.88. The molecule has 1 amide bonds. The van der Waals surface area contributed by atoms with E-state index >= 15 is 0 Å². The topological polar surface area (TPSA) is 81.4 Å². The second-order valence-electron chi connectivity index (χ2n) is 6.33. The van der Waals surface area contributed by atoms with Crippen molar-refractivity contribution in [2.75, 3.05) is 0 Å². The van der Waals surface area contributed by atoms with E-state index in [-0.39, 0.29) is 6.54 Å². The Bertz CT molecular complexity index is 852. The Morgan fingerprint density at radius 1 is 1.12 bits per heavy atom. The molecule has 2 aromatic heterocycles. The smallest absolute Gasteiger partial charge is 0.408 e. The van der Waals surface area contributed by atoms with Crippen LogP contribution in [0.5, 0.6) is 0 Å². The quantitative estimate of drug-likeness (QED) is 0.801. The van der Waals surface area contributed by atoms with Crippen LogP contribution in [0.25, 0.3) is 16.9 Å². The fraction of sp³-hybridized carbons (Fsp3) is 0.294. The molecule has 124 valence electrons. The van der Waals surface area contributed by atoms with Crippen molar-refractivity contribution in [2.24, 2.45) is 0 Å². The number of amides is 1. The van der Waals surface area contributed by atoms with Gasteiger partial charge in [-0.3, -0.25) is 0 Å². The van der Waals surface area contributed by atoms with Gasteiger partial charge in [0.05, 0.1) is 12.2 Å². The summed E-state index contributed by atoms with van der Waals surface area (Å²) in [7, 11) is 0. The number of benzene rings is 1. The predicted molar refractivity (Wildman–Crippen MR) is 89.3 cm³/mol. The molecular formula is C17H19N5O2. The Balaban J connectivity index is 1.80. The van der Waals surface area contributed by atoms with E-state index in [1.165, 1.54) is 0 Å². The number of carbonyl (C=O) groups excluding carboxylic acids is 1. The van der Waals surface area contributed by atoms with E-state index in [1.54, 1.807) is 4.52 Å². The largest absolute Gasteiger partial charge is 0.444 e. The van der Waals surface area contributed by atoms with Crippen molar-refractivity contribution in [1.29, 1.82) is 0 Å². The molecule has 7 heteroatoms. The number of fused-ring (bicyclic) bond motifs is 1. The van der Waals surface area contributed by atoms with Gasteiger partial charge < -0.3 is 10.1 Å². The lowest BCUT2D eigenvalue weighted by atomic mass is 10.1. The summed E-state index contributed by atoms with van der Waals surface area (Å²) >= 11 is 0. The first-order chi connectivity index (χ1) is 11.4. The molecule has 0 unspecified atom stereocenters. The van der Waals surface area contributed by atoms with Gasteiger partial charge in [-0.05, 0) is 32.9 Å². The molecule has 1 aromatic carbocycles. The van der Waals surface area contributed by atoms with Gasteiger partial charge >= 0.3 is 6.09 Å². The van der Waals surface area contributed by atoms with E-state index in [9.17, 15) is 4.79 Å². The van der Waals surface area contributed by atoms with Crippen molar-refractivity contribution >= 4 is 11.7 Å². The number of ether oxygens (including phenoxy) is 1. The molecule has 0 spiro atoms. The summed E-state index contributed by atoms with van der Waals surface area (Å²) < 4.78 is 6.84. The summed E-state index contributed by atoms with van der Waals surface area (Å²) in [4.78, 5) is 11.8. The summed E-state index contributed by atoms with van der Waals surface area (Å²) in [6.45, 7) is 5.62. The van der Waals surface area contributed by atoms with Gasteiger partial charge in [0.25, 0.3) is 0 Å². The lowest BCUT2D eigenvalue weighted by Gasteiger charge is -2.19. The molecule has 1 N–H and O–H groups in total. The van der Waals surface area contributed by atoms with Crippen molar-refractivity contribution < 1.29 is 9.53 Å². The fourth-order valence-corrected chi connectivity index (χ4v) is 2.17. The van der Waals surface area contributed by atoms with E-state index in [0.29, 0.717) is 11.5 Å². The van der Waals surface area contributed by atoms with Crippen LogP contribution in [0.1, 0.15) is 26.6 Å². The lowest BCUT2D eigenvalue weighted by Crippen LogP contribution is -2.32. The maximum Gasteiger partial charge on any atom is 0.408 e. The summed E-state index contributed by atoms with van der Waals surface area (Å²) in [5, 5.41) is 15.4. The van der Waals surface area contributed by atoms with Gasteiger partial charge in [-0.1, -0.05) is 30.3 Å². The van der Waals surface area contributed by atoms with Crippen LogP contribution in [0.2, 0.25) is 0 Å². The summed E-state index contributed by atoms with van der Waals surface area (Å²) in [6, 6.07) is 13.6. The first-order valence-corrected chi connectivity index (χ1v) is 7.66. The summed E-state index contributed by atoms with van der Waals surface area (Å²) in [5.74, 6) is 0.536. The predicted octanol–water partition coefficient (Wildman–Crippen LogP) is 2.82. The van der Waals surface area contributed by atoms with E-state index in [2.05, 4.69) is 20.6 Å². The molecule has 7 nitrogen and oxygen atoms in total. The second kappa shape index (κ2) is 6.27. The van der Waals surface area contributed by atoms with Crippen LogP contribution in [0.3, 0.4) is 0 Å². The fourth-order valence-electron chi connectivity index (χ4n) is 2.17. The van der Waals surface area contributed by atoms with Crippen molar-refractivity contribution in [3.8, 4) is 11.3 Å². The molecule has 0 aliphatic heterocycles. The normalized spacial score (nSPS) is 11.5. The molecule has 0 bridgehead atoms. The minimum absolute atomic E-state index is 0.182. The number of alkyl carbamates (subject to hydrolysis) is 1. The standard InChI is InChI=1S/C17H19N5O2/c1-17(2,3)24-16(23)18-11-15-20-19-14-10-9-13(21-22(14)15)12-7-5-4-6-8-12/h4-10H,11H2,1-3H3,(H,18,23). The minimum Gasteiger partial charge on any atom is -0.444 e. The zero-order valence-electron chi connectivity index (χ0n) is 13.9. The minimum atomic E-state index is -0.546. The number of rotatable bonds is 3. The zero-order valence-corrected chi connectivity index (χ0v) is 13.9. The highest BCUT2D eigenvalue weighted by Gasteiger charge is 2.17. The van der Waals surface area contributed by atoms with Gasteiger partial charge in [0.2, 0.25) is 0 Å². The molecule has 0 saturated carbocycles. The van der Waals surface area contributed by atoms with Crippen molar-refractivity contribution in [3.63, 3.8) is 0 Å².